The van der Waals surface area contributed by atoms with Crippen LogP contribution < -0.4 is 0 Å². The second-order valence-electron chi connectivity index (χ2n) is 12.3. The maximum absolute atomic E-state index is 13.7. The van der Waals surface area contributed by atoms with Gasteiger partial charge in [0.05, 0.1) is 5.52 Å². The molecule has 6 rings (SSSR count). The van der Waals surface area contributed by atoms with Gasteiger partial charge < -0.3 is 0 Å². The van der Waals surface area contributed by atoms with E-state index in [1.54, 1.807) is 0 Å². The van der Waals surface area contributed by atoms with Crippen LogP contribution in [0.2, 0.25) is 0 Å². The fraction of sp³-hybridized carbons (Fsp3) is 0.750. The van der Waals surface area contributed by atoms with Crippen molar-refractivity contribution in [3.05, 3.63) is 24.3 Å². The first-order valence-electron chi connectivity index (χ1n) is 13.3. The van der Waals surface area contributed by atoms with Crippen LogP contribution in [-0.4, -0.2) is 20.8 Å². The molecule has 172 valence electrons. The van der Waals surface area contributed by atoms with E-state index in [4.69, 9.17) is 0 Å². The van der Waals surface area contributed by atoms with E-state index in [0.717, 1.165) is 53.0 Å². The molecule has 4 saturated carbocycles. The zero-order chi connectivity index (χ0) is 22.0. The minimum atomic E-state index is 0.169. The lowest BCUT2D eigenvalue weighted by molar-refractivity contribution is -0.131. The van der Waals surface area contributed by atoms with Crippen LogP contribution in [0.4, 0.5) is 0 Å². The lowest BCUT2D eigenvalue weighted by Crippen LogP contribution is -2.50. The molecule has 0 radical (unpaired) electrons. The summed E-state index contributed by atoms with van der Waals surface area (Å²) >= 11 is 0. The van der Waals surface area contributed by atoms with Gasteiger partial charge in [-0.25, -0.2) is 4.68 Å². The van der Waals surface area contributed by atoms with E-state index in [2.05, 4.69) is 31.1 Å². The molecule has 4 aliphatic rings. The van der Waals surface area contributed by atoms with Crippen molar-refractivity contribution in [3.63, 3.8) is 0 Å². The highest BCUT2D eigenvalue weighted by molar-refractivity contribution is 5.84. The number of rotatable bonds is 3. The van der Waals surface area contributed by atoms with Crippen molar-refractivity contribution in [2.75, 3.05) is 0 Å². The third-order valence-corrected chi connectivity index (χ3v) is 10.6. The third-order valence-electron chi connectivity index (χ3n) is 10.6. The Labute approximate surface area is 192 Å². The summed E-state index contributed by atoms with van der Waals surface area (Å²) in [6.45, 7) is 7.78. The summed E-state index contributed by atoms with van der Waals surface area (Å²) in [5.41, 5.74) is 2.02. The van der Waals surface area contributed by atoms with E-state index >= 15 is 0 Å². The Kier molecular flexibility index (Phi) is 5.00. The van der Waals surface area contributed by atoms with Gasteiger partial charge in [0, 0.05) is 5.92 Å². The monoisotopic (exact) mass is 433 g/mol. The second-order valence-corrected chi connectivity index (χ2v) is 12.3. The van der Waals surface area contributed by atoms with E-state index in [-0.39, 0.29) is 11.3 Å². The van der Waals surface area contributed by atoms with Gasteiger partial charge in [0.15, 0.2) is 5.78 Å². The molecule has 0 aliphatic heterocycles. The number of nitrogens with zero attached hydrogens (tertiary/aromatic N) is 3. The molecule has 1 heterocycles. The molecule has 0 unspecified atom stereocenters. The largest absolute Gasteiger partial charge is 0.297 e. The number of benzene rings is 1. The van der Waals surface area contributed by atoms with Crippen molar-refractivity contribution >= 4 is 16.8 Å². The van der Waals surface area contributed by atoms with E-state index in [1.807, 2.05) is 28.9 Å². The third kappa shape index (κ3) is 3.11. The molecule has 4 aliphatic carbocycles. The molecule has 0 N–H and O–H groups in total. The average Bonchev–Trinajstić information content (AvgIpc) is 3.31. The molecule has 32 heavy (non-hydrogen) atoms. The first kappa shape index (κ1) is 20.9. The summed E-state index contributed by atoms with van der Waals surface area (Å²) in [4.78, 5) is 13.7. The fourth-order valence-electron chi connectivity index (χ4n) is 9.42. The zero-order valence-corrected chi connectivity index (χ0v) is 20.0. The van der Waals surface area contributed by atoms with Gasteiger partial charge in [-0.1, -0.05) is 44.5 Å². The molecule has 0 bridgehead atoms. The minimum Gasteiger partial charge on any atom is -0.297 e. The van der Waals surface area contributed by atoms with Crippen molar-refractivity contribution in [3.8, 4) is 0 Å². The Morgan fingerprint density at radius 2 is 1.84 bits per heavy atom. The number of hydrogen-bond donors (Lipinski definition) is 0. The van der Waals surface area contributed by atoms with Crippen molar-refractivity contribution in [1.29, 1.82) is 0 Å². The molecule has 1 aromatic heterocycles. The van der Waals surface area contributed by atoms with E-state index < -0.39 is 0 Å². The summed E-state index contributed by atoms with van der Waals surface area (Å²) in [6, 6.07) is 7.99. The quantitative estimate of drug-likeness (QED) is 0.583. The Hall–Kier alpha value is -1.71. The summed E-state index contributed by atoms with van der Waals surface area (Å²) in [6.07, 6.45) is 10.9. The van der Waals surface area contributed by atoms with Crippen molar-refractivity contribution in [2.45, 2.75) is 78.7 Å². The Bertz CT molecular complexity index is 1010. The minimum absolute atomic E-state index is 0.169. The predicted octanol–water partition coefficient (Wildman–Crippen LogP) is 6.15. The van der Waals surface area contributed by atoms with Crippen LogP contribution in [0.3, 0.4) is 0 Å². The van der Waals surface area contributed by atoms with Crippen molar-refractivity contribution in [2.24, 2.45) is 52.8 Å². The molecule has 2 aromatic rings. The van der Waals surface area contributed by atoms with Gasteiger partial charge in [-0.3, -0.25) is 4.79 Å². The molecule has 1 aromatic carbocycles. The maximum Gasteiger partial charge on any atom is 0.158 e. The second kappa shape index (κ2) is 7.67. The Morgan fingerprint density at radius 3 is 2.72 bits per heavy atom. The molecule has 0 amide bonds. The lowest BCUT2D eigenvalue weighted by atomic mass is 9.48. The number of aromatic nitrogens is 3. The standard InChI is InChI=1S/C28H39N3O/c1-17-8-10-20-19(14-17)9-11-22-21(20)12-13-28(3)23(15-18(2)27(22)28)26(32)16-31-25-7-5-4-6-24(25)29-30-31/h4-7,17-23,27H,8-16H2,1-3H3/t17-,18+,19+,20-,21+,22+,23+,27-,28+/m0/s1. The van der Waals surface area contributed by atoms with Gasteiger partial charge in [-0.2, -0.15) is 0 Å². The number of ketones is 1. The van der Waals surface area contributed by atoms with Crippen LogP contribution in [0.25, 0.3) is 11.0 Å². The highest BCUT2D eigenvalue weighted by atomic mass is 16.1. The first-order valence-corrected chi connectivity index (χ1v) is 13.3. The highest BCUT2D eigenvalue weighted by Crippen LogP contribution is 2.66. The number of carbonyl (C=O) groups excluding carboxylic acids is 1. The van der Waals surface area contributed by atoms with Gasteiger partial charge in [0.2, 0.25) is 0 Å². The van der Waals surface area contributed by atoms with Crippen LogP contribution in [0.5, 0.6) is 0 Å². The first-order chi connectivity index (χ1) is 15.5. The van der Waals surface area contributed by atoms with Crippen molar-refractivity contribution < 1.29 is 4.79 Å². The summed E-state index contributed by atoms with van der Waals surface area (Å²) in [5, 5.41) is 8.59. The summed E-state index contributed by atoms with van der Waals surface area (Å²) < 4.78 is 1.83. The van der Waals surface area contributed by atoms with Gasteiger partial charge in [-0.05, 0) is 104 Å². The molecule has 0 spiro atoms. The zero-order valence-electron chi connectivity index (χ0n) is 20.0. The molecular formula is C28H39N3O. The predicted molar refractivity (Wildman–Crippen MR) is 127 cm³/mol. The van der Waals surface area contributed by atoms with Gasteiger partial charge >= 0.3 is 0 Å². The average molecular weight is 434 g/mol. The van der Waals surface area contributed by atoms with Crippen LogP contribution in [0.1, 0.15) is 72.1 Å². The summed E-state index contributed by atoms with van der Waals surface area (Å²) in [7, 11) is 0. The number of carbonyl (C=O) groups is 1. The van der Waals surface area contributed by atoms with E-state index in [0.29, 0.717) is 18.2 Å². The topological polar surface area (TPSA) is 47.8 Å². The Morgan fingerprint density at radius 1 is 1.03 bits per heavy atom. The van der Waals surface area contributed by atoms with Crippen LogP contribution in [-0.2, 0) is 11.3 Å². The SMILES string of the molecule is C[C@H]1CC[C@H]2[C@H](CC[C@@H]3[C@@H]2CC[C@@]2(C)[C@H]3[C@H](C)C[C@@H]2C(=O)Cn2nnc3ccccc32)C1. The van der Waals surface area contributed by atoms with Crippen LogP contribution in [0.15, 0.2) is 24.3 Å². The fourth-order valence-corrected chi connectivity index (χ4v) is 9.42. The van der Waals surface area contributed by atoms with Crippen LogP contribution >= 0.6 is 0 Å². The van der Waals surface area contributed by atoms with E-state index in [1.165, 1.54) is 44.9 Å². The number of para-hydroxylation sites is 1. The molecule has 4 nitrogen and oxygen atoms in total. The molecule has 9 atom stereocenters. The van der Waals surface area contributed by atoms with Gasteiger partial charge in [0.25, 0.3) is 0 Å². The smallest absolute Gasteiger partial charge is 0.158 e. The molecule has 4 fully saturated rings. The van der Waals surface area contributed by atoms with Gasteiger partial charge in [0.1, 0.15) is 12.1 Å². The number of fused-ring (bicyclic) bond motifs is 6. The normalized spacial score (nSPS) is 43.5. The van der Waals surface area contributed by atoms with Crippen LogP contribution in [0, 0.1) is 52.8 Å². The van der Waals surface area contributed by atoms with Gasteiger partial charge in [-0.15, -0.1) is 5.10 Å². The molecule has 4 heteroatoms. The molecule has 0 saturated heterocycles. The lowest BCUT2D eigenvalue weighted by Gasteiger charge is -2.56. The number of hydrogen-bond acceptors (Lipinski definition) is 3. The number of Topliss-reactive ketones (excluding diaryl/α,β-unsaturated/α-hetero) is 1. The maximum atomic E-state index is 13.7. The van der Waals surface area contributed by atoms with E-state index in [9.17, 15) is 4.79 Å². The van der Waals surface area contributed by atoms with Crippen molar-refractivity contribution in [1.82, 2.24) is 15.0 Å². The molecular weight excluding hydrogens is 394 g/mol. The summed E-state index contributed by atoms with van der Waals surface area (Å²) in [5.74, 6) is 6.61. The highest BCUT2D eigenvalue weighted by Gasteiger charge is 2.60. The Balaban J connectivity index is 1.24.